The van der Waals surface area contributed by atoms with E-state index >= 15 is 0 Å². The molecule has 1 saturated heterocycles. The summed E-state index contributed by atoms with van der Waals surface area (Å²) in [6.07, 6.45) is -0.906. The summed E-state index contributed by atoms with van der Waals surface area (Å²) >= 11 is 0. The van der Waals surface area contributed by atoms with E-state index in [2.05, 4.69) is 17.1 Å². The van der Waals surface area contributed by atoms with Crippen molar-refractivity contribution in [3.05, 3.63) is 0 Å². The molecule has 1 heterocycles. The van der Waals surface area contributed by atoms with Crippen LogP contribution in [-0.4, -0.2) is 43.3 Å². The Labute approximate surface area is 107 Å². The van der Waals surface area contributed by atoms with Crippen LogP contribution in [0.5, 0.6) is 0 Å². The predicted octanol–water partition coefficient (Wildman–Crippen LogP) is 2.65. The number of nitrogens with one attached hydrogen (secondary N) is 1. The molecule has 0 aromatic heterocycles. The van der Waals surface area contributed by atoms with Crippen LogP contribution in [0.2, 0.25) is 0 Å². The van der Waals surface area contributed by atoms with Crippen molar-refractivity contribution in [1.29, 1.82) is 0 Å². The largest absolute Gasteiger partial charge is 0.391 e. The Hall–Kier alpha value is -0.290. The van der Waals surface area contributed by atoms with Crippen LogP contribution in [0.3, 0.4) is 0 Å². The summed E-state index contributed by atoms with van der Waals surface area (Å²) in [5.74, 6) is -0.322. The molecule has 2 fully saturated rings. The molecular weight excluding hydrogens is 241 g/mol. The molecule has 0 aromatic carbocycles. The van der Waals surface area contributed by atoms with Gasteiger partial charge in [0.25, 0.3) is 0 Å². The number of piperidine rings is 1. The maximum atomic E-state index is 12.6. The van der Waals surface area contributed by atoms with E-state index in [9.17, 15) is 13.2 Å². The lowest BCUT2D eigenvalue weighted by atomic mass is 9.96. The van der Waals surface area contributed by atoms with Crippen LogP contribution in [0.4, 0.5) is 13.2 Å². The molecule has 1 aliphatic carbocycles. The van der Waals surface area contributed by atoms with Crippen LogP contribution < -0.4 is 5.32 Å². The molecular formula is C13H23F3N2. The summed E-state index contributed by atoms with van der Waals surface area (Å²) in [6.45, 7) is 5.14. The van der Waals surface area contributed by atoms with E-state index in [1.807, 2.05) is 0 Å². The Bertz CT molecular complexity index is 255. The zero-order chi connectivity index (χ0) is 13.2. The van der Waals surface area contributed by atoms with Gasteiger partial charge in [0.1, 0.15) is 0 Å². The highest BCUT2D eigenvalue weighted by Crippen LogP contribution is 2.36. The topological polar surface area (TPSA) is 15.3 Å². The van der Waals surface area contributed by atoms with Crippen molar-refractivity contribution < 1.29 is 13.2 Å². The van der Waals surface area contributed by atoms with E-state index in [0.29, 0.717) is 19.1 Å². The van der Waals surface area contributed by atoms with Crippen LogP contribution >= 0.6 is 0 Å². The summed E-state index contributed by atoms with van der Waals surface area (Å²) in [4.78, 5) is 2.20. The van der Waals surface area contributed by atoms with E-state index < -0.39 is 12.1 Å². The molecule has 1 atom stereocenters. The zero-order valence-corrected chi connectivity index (χ0v) is 11.0. The molecule has 1 saturated carbocycles. The fourth-order valence-corrected chi connectivity index (χ4v) is 2.86. The minimum atomic E-state index is -4.00. The van der Waals surface area contributed by atoms with Gasteiger partial charge >= 0.3 is 6.18 Å². The molecule has 0 aromatic rings. The first-order valence-corrected chi connectivity index (χ1v) is 7.03. The van der Waals surface area contributed by atoms with Gasteiger partial charge in [-0.15, -0.1) is 0 Å². The quantitative estimate of drug-likeness (QED) is 0.821. The van der Waals surface area contributed by atoms with E-state index in [4.69, 9.17) is 0 Å². The van der Waals surface area contributed by atoms with Gasteiger partial charge in [0.15, 0.2) is 0 Å². The SMILES string of the molecule is CCNC(CN1CCC(C(F)(F)F)CC1)C1CC1. The maximum absolute atomic E-state index is 12.6. The highest BCUT2D eigenvalue weighted by Gasteiger charge is 2.41. The molecule has 0 radical (unpaired) electrons. The van der Waals surface area contributed by atoms with Gasteiger partial charge in [-0.3, -0.25) is 0 Å². The lowest BCUT2D eigenvalue weighted by Gasteiger charge is -2.35. The molecule has 0 bridgehead atoms. The van der Waals surface area contributed by atoms with Crippen LogP contribution in [0.25, 0.3) is 0 Å². The number of alkyl halides is 3. The minimum Gasteiger partial charge on any atom is -0.313 e. The first-order valence-electron chi connectivity index (χ1n) is 7.03. The molecule has 2 rings (SSSR count). The first kappa shape index (κ1) is 14.1. The average Bonchev–Trinajstić information content (AvgIpc) is 3.12. The highest BCUT2D eigenvalue weighted by atomic mass is 19.4. The fourth-order valence-electron chi connectivity index (χ4n) is 2.86. The van der Waals surface area contributed by atoms with E-state index in [-0.39, 0.29) is 12.8 Å². The molecule has 5 heteroatoms. The number of halogens is 3. The van der Waals surface area contributed by atoms with Crippen molar-refractivity contribution >= 4 is 0 Å². The molecule has 1 unspecified atom stereocenters. The number of nitrogens with zero attached hydrogens (tertiary/aromatic N) is 1. The summed E-state index contributed by atoms with van der Waals surface area (Å²) in [5.41, 5.74) is 0. The zero-order valence-electron chi connectivity index (χ0n) is 11.0. The Morgan fingerprint density at radius 1 is 1.17 bits per heavy atom. The number of likely N-dealkylation sites (tertiary alicyclic amines) is 1. The Balaban J connectivity index is 1.75. The van der Waals surface area contributed by atoms with Gasteiger partial charge in [0.2, 0.25) is 0 Å². The molecule has 106 valence electrons. The van der Waals surface area contributed by atoms with E-state index in [0.717, 1.165) is 19.0 Å². The van der Waals surface area contributed by atoms with Crippen molar-refractivity contribution in [2.45, 2.75) is 44.8 Å². The number of rotatable bonds is 5. The van der Waals surface area contributed by atoms with Crippen LogP contribution in [0, 0.1) is 11.8 Å². The van der Waals surface area contributed by atoms with Gasteiger partial charge in [0.05, 0.1) is 5.92 Å². The average molecular weight is 264 g/mol. The third kappa shape index (κ3) is 3.85. The van der Waals surface area contributed by atoms with Crippen LogP contribution in [0.15, 0.2) is 0 Å². The van der Waals surface area contributed by atoms with Crippen molar-refractivity contribution in [3.63, 3.8) is 0 Å². The minimum absolute atomic E-state index is 0.271. The van der Waals surface area contributed by atoms with Crippen molar-refractivity contribution in [3.8, 4) is 0 Å². The lowest BCUT2D eigenvalue weighted by molar-refractivity contribution is -0.185. The normalized spacial score (nSPS) is 25.3. The van der Waals surface area contributed by atoms with Gasteiger partial charge in [-0.2, -0.15) is 13.2 Å². The Kier molecular flexibility index (Phi) is 4.54. The maximum Gasteiger partial charge on any atom is 0.391 e. The molecule has 2 aliphatic rings. The van der Waals surface area contributed by atoms with Gasteiger partial charge in [-0.05, 0) is 51.2 Å². The second-order valence-corrected chi connectivity index (χ2v) is 5.62. The summed E-state index contributed by atoms with van der Waals surface area (Å²) < 4.78 is 37.7. The molecule has 18 heavy (non-hydrogen) atoms. The number of hydrogen-bond acceptors (Lipinski definition) is 2. The Morgan fingerprint density at radius 2 is 1.78 bits per heavy atom. The van der Waals surface area contributed by atoms with Gasteiger partial charge in [-0.25, -0.2) is 0 Å². The first-order chi connectivity index (χ1) is 8.50. The molecule has 1 N–H and O–H groups in total. The van der Waals surface area contributed by atoms with Crippen molar-refractivity contribution in [2.24, 2.45) is 11.8 Å². The van der Waals surface area contributed by atoms with Crippen LogP contribution in [-0.2, 0) is 0 Å². The lowest BCUT2D eigenvalue weighted by Crippen LogP contribution is -2.46. The summed E-state index contributed by atoms with van der Waals surface area (Å²) in [5, 5.41) is 3.47. The summed E-state index contributed by atoms with van der Waals surface area (Å²) in [7, 11) is 0. The number of hydrogen-bond donors (Lipinski definition) is 1. The Morgan fingerprint density at radius 3 is 2.22 bits per heavy atom. The molecule has 1 aliphatic heterocycles. The van der Waals surface area contributed by atoms with Gasteiger partial charge < -0.3 is 10.2 Å². The van der Waals surface area contributed by atoms with E-state index in [1.165, 1.54) is 12.8 Å². The second kappa shape index (κ2) is 5.78. The second-order valence-electron chi connectivity index (χ2n) is 5.62. The van der Waals surface area contributed by atoms with Crippen molar-refractivity contribution in [1.82, 2.24) is 10.2 Å². The number of likely N-dealkylation sites (N-methyl/N-ethyl adjacent to an activating group) is 1. The monoisotopic (exact) mass is 264 g/mol. The highest BCUT2D eigenvalue weighted by molar-refractivity contribution is 4.89. The predicted molar refractivity (Wildman–Crippen MR) is 65.4 cm³/mol. The van der Waals surface area contributed by atoms with Crippen molar-refractivity contribution in [2.75, 3.05) is 26.2 Å². The van der Waals surface area contributed by atoms with Gasteiger partial charge in [-0.1, -0.05) is 6.92 Å². The smallest absolute Gasteiger partial charge is 0.313 e. The summed E-state index contributed by atoms with van der Waals surface area (Å²) in [6, 6.07) is 0.484. The third-order valence-corrected chi connectivity index (χ3v) is 4.16. The molecule has 0 spiro atoms. The van der Waals surface area contributed by atoms with Crippen LogP contribution in [0.1, 0.15) is 32.6 Å². The van der Waals surface area contributed by atoms with E-state index in [1.54, 1.807) is 0 Å². The molecule has 2 nitrogen and oxygen atoms in total. The molecule has 0 amide bonds. The standard InChI is InChI=1S/C13H23F3N2/c1-2-17-12(10-3-4-10)9-18-7-5-11(6-8-18)13(14,15)16/h10-12,17H,2-9H2,1H3. The fraction of sp³-hybridized carbons (Fsp3) is 1.00. The third-order valence-electron chi connectivity index (χ3n) is 4.16. The van der Waals surface area contributed by atoms with Gasteiger partial charge in [0, 0.05) is 12.6 Å².